The van der Waals surface area contributed by atoms with Crippen LogP contribution < -0.4 is 20.8 Å². The van der Waals surface area contributed by atoms with Crippen molar-refractivity contribution in [1.82, 2.24) is 9.97 Å². The van der Waals surface area contributed by atoms with Crippen molar-refractivity contribution in [1.29, 1.82) is 0 Å². The molecule has 2 heterocycles. The van der Waals surface area contributed by atoms with E-state index in [1.54, 1.807) is 19.5 Å². The lowest BCUT2D eigenvalue weighted by atomic mass is 9.56. The zero-order valence-electron chi connectivity index (χ0n) is 24.0. The minimum absolute atomic E-state index is 0.375. The topological polar surface area (TPSA) is 70.2 Å². The number of nitrogens with zero attached hydrogens (tertiary/aromatic N) is 3. The first kappa shape index (κ1) is 28.8. The third-order valence-corrected chi connectivity index (χ3v) is 11.6. The van der Waals surface area contributed by atoms with E-state index in [1.165, 1.54) is 57.8 Å². The molecule has 0 radical (unpaired) electrons. The molecule has 2 saturated carbocycles. The molecule has 2 N–H and O–H groups in total. The molecule has 3 aliphatic rings. The zero-order chi connectivity index (χ0) is 28.6. The average molecular weight is 613 g/mol. The number of anilines is 5. The van der Waals surface area contributed by atoms with Crippen molar-refractivity contribution in [2.45, 2.75) is 57.8 Å². The van der Waals surface area contributed by atoms with Gasteiger partial charge in [0.1, 0.15) is 12.2 Å². The summed E-state index contributed by atoms with van der Waals surface area (Å²) in [5.74, 6) is 2.82. The number of halogens is 2. The van der Waals surface area contributed by atoms with Gasteiger partial charge < -0.3 is 20.1 Å². The third-order valence-electron chi connectivity index (χ3n) is 9.43. The van der Waals surface area contributed by atoms with Gasteiger partial charge in [-0.1, -0.05) is 61.0 Å². The fourth-order valence-electron chi connectivity index (χ4n) is 7.34. The van der Waals surface area contributed by atoms with Crippen LogP contribution in [-0.4, -0.2) is 36.4 Å². The van der Waals surface area contributed by atoms with Gasteiger partial charge in [-0.3, -0.25) is 0 Å². The lowest BCUT2D eigenvalue weighted by Gasteiger charge is -2.53. The summed E-state index contributed by atoms with van der Waals surface area (Å²) in [7, 11) is -2.49. The number of para-hydroxylation sites is 1. The predicted molar refractivity (Wildman–Crippen MR) is 174 cm³/mol. The minimum atomic E-state index is -2.49. The van der Waals surface area contributed by atoms with E-state index in [0.717, 1.165) is 46.6 Å². The number of hydrogen-bond donors (Lipinski definition) is 2. The maximum Gasteiger partial charge on any atom is 0.229 e. The molecule has 218 valence electrons. The second-order valence-corrected chi connectivity index (χ2v) is 16.8. The van der Waals surface area contributed by atoms with Crippen molar-refractivity contribution in [2.75, 3.05) is 42.0 Å². The molecule has 0 bridgehead atoms. The summed E-state index contributed by atoms with van der Waals surface area (Å²) in [6.45, 7) is 5.64. The second kappa shape index (κ2) is 11.8. The molecule has 0 atom stereocenters. The van der Waals surface area contributed by atoms with Gasteiger partial charge in [0.25, 0.3) is 0 Å². The van der Waals surface area contributed by atoms with Crippen LogP contribution in [0.5, 0.6) is 0 Å². The van der Waals surface area contributed by atoms with E-state index < -0.39 is 7.14 Å². The zero-order valence-corrected chi connectivity index (χ0v) is 26.4. The number of aromatic nitrogens is 2. The lowest BCUT2D eigenvalue weighted by molar-refractivity contribution is 0.0152. The Morgan fingerprint density at radius 2 is 1.71 bits per heavy atom. The fourth-order valence-corrected chi connectivity index (χ4v) is 8.94. The quantitative estimate of drug-likeness (QED) is 0.247. The standard InChI is InChI=1S/C32H40Cl2N5OP/c1-41(2,40)29-10-6-5-9-27(29)37-30-26(34)21-35-31(38-30)36-24-11-12-28(25(33)18-24)39-15-13-32(14-16-39)19-23(20-32)17-22-7-3-4-8-22/h5-6,9-12,18,21-23H,3-4,7-8,13-17,19-20H2,1-2H3,(H2,35,36,37,38). The van der Waals surface area contributed by atoms with E-state index in [-0.39, 0.29) is 0 Å². The largest absolute Gasteiger partial charge is 0.370 e. The highest BCUT2D eigenvalue weighted by Crippen LogP contribution is 2.55. The first-order valence-corrected chi connectivity index (χ1v) is 18.3. The number of piperidine rings is 1. The van der Waals surface area contributed by atoms with Crippen LogP contribution in [-0.2, 0) is 4.57 Å². The fraction of sp³-hybridized carbons (Fsp3) is 0.500. The highest BCUT2D eigenvalue weighted by molar-refractivity contribution is 7.70. The van der Waals surface area contributed by atoms with Gasteiger partial charge in [0.2, 0.25) is 5.95 Å². The molecule has 0 unspecified atom stereocenters. The Balaban J connectivity index is 1.07. The molecule has 9 heteroatoms. The monoisotopic (exact) mass is 611 g/mol. The van der Waals surface area contributed by atoms with Crippen LogP contribution in [0.15, 0.2) is 48.7 Å². The van der Waals surface area contributed by atoms with E-state index in [1.807, 2.05) is 36.4 Å². The predicted octanol–water partition coefficient (Wildman–Crippen LogP) is 9.10. The van der Waals surface area contributed by atoms with Gasteiger partial charge >= 0.3 is 0 Å². The average Bonchev–Trinajstić information content (AvgIpc) is 3.43. The Labute approximate surface area is 254 Å². The van der Waals surface area contributed by atoms with Crippen LogP contribution in [0, 0.1) is 17.3 Å². The summed E-state index contributed by atoms with van der Waals surface area (Å²) in [4.78, 5) is 11.4. The Bertz CT molecular complexity index is 1440. The number of rotatable bonds is 8. The molecule has 2 aromatic carbocycles. The molecule has 3 fully saturated rings. The van der Waals surface area contributed by atoms with E-state index >= 15 is 0 Å². The summed E-state index contributed by atoms with van der Waals surface area (Å²) in [6.07, 6.45) is 14.3. The smallest absolute Gasteiger partial charge is 0.229 e. The van der Waals surface area contributed by atoms with Gasteiger partial charge in [-0.15, -0.1) is 0 Å². The van der Waals surface area contributed by atoms with Crippen LogP contribution in [0.4, 0.5) is 28.8 Å². The Morgan fingerprint density at radius 1 is 0.976 bits per heavy atom. The van der Waals surface area contributed by atoms with Crippen LogP contribution in [0.2, 0.25) is 10.0 Å². The van der Waals surface area contributed by atoms with Gasteiger partial charge in [-0.05, 0) is 93.0 Å². The summed E-state index contributed by atoms with van der Waals surface area (Å²) in [6, 6.07) is 13.6. The highest BCUT2D eigenvalue weighted by atomic mass is 35.5. The Morgan fingerprint density at radius 3 is 2.41 bits per heavy atom. The molecule has 3 aromatic rings. The van der Waals surface area contributed by atoms with Crippen molar-refractivity contribution >= 4 is 64.5 Å². The summed E-state index contributed by atoms with van der Waals surface area (Å²) in [5, 5.41) is 8.35. The van der Waals surface area contributed by atoms with Gasteiger partial charge in [0.05, 0.1) is 22.6 Å². The summed E-state index contributed by atoms with van der Waals surface area (Å²) >= 11 is 13.2. The molecule has 1 spiro atoms. The molecular weight excluding hydrogens is 572 g/mol. The molecule has 2 aliphatic carbocycles. The van der Waals surface area contributed by atoms with Gasteiger partial charge in [-0.25, -0.2) is 4.98 Å². The van der Waals surface area contributed by atoms with Crippen molar-refractivity contribution in [2.24, 2.45) is 17.3 Å². The van der Waals surface area contributed by atoms with E-state index in [9.17, 15) is 4.57 Å². The maximum atomic E-state index is 12.8. The summed E-state index contributed by atoms with van der Waals surface area (Å²) in [5.41, 5.74) is 3.20. The molecule has 1 aromatic heterocycles. The highest BCUT2D eigenvalue weighted by Gasteiger charge is 2.46. The normalized spacial score (nSPS) is 19.4. The van der Waals surface area contributed by atoms with Crippen molar-refractivity contribution in [3.8, 4) is 0 Å². The molecule has 0 amide bonds. The van der Waals surface area contributed by atoms with Gasteiger partial charge in [0, 0.05) is 24.1 Å². The van der Waals surface area contributed by atoms with Gasteiger partial charge in [0.15, 0.2) is 5.82 Å². The first-order chi connectivity index (χ1) is 19.7. The number of benzene rings is 2. The van der Waals surface area contributed by atoms with E-state index in [2.05, 4.69) is 31.6 Å². The molecule has 6 rings (SSSR count). The first-order valence-electron chi connectivity index (χ1n) is 14.9. The molecule has 41 heavy (non-hydrogen) atoms. The third kappa shape index (κ3) is 6.55. The number of hydrogen-bond acceptors (Lipinski definition) is 6. The minimum Gasteiger partial charge on any atom is -0.370 e. The molecular formula is C32H40Cl2N5OP. The van der Waals surface area contributed by atoms with Crippen molar-refractivity contribution in [3.05, 3.63) is 58.7 Å². The Kier molecular flexibility index (Phi) is 8.28. The van der Waals surface area contributed by atoms with Crippen LogP contribution >= 0.6 is 30.3 Å². The lowest BCUT2D eigenvalue weighted by Crippen LogP contribution is -2.47. The summed E-state index contributed by atoms with van der Waals surface area (Å²) < 4.78 is 12.8. The number of nitrogens with one attached hydrogen (secondary N) is 2. The SMILES string of the molecule is CP(C)(=O)c1ccccc1Nc1nc(Nc2ccc(N3CCC4(CC3)CC(CC3CCCC3)C4)c(Cl)c2)ncc1Cl. The van der Waals surface area contributed by atoms with E-state index in [4.69, 9.17) is 23.2 Å². The van der Waals surface area contributed by atoms with Crippen LogP contribution in [0.25, 0.3) is 0 Å². The van der Waals surface area contributed by atoms with Crippen molar-refractivity contribution in [3.63, 3.8) is 0 Å². The molecule has 6 nitrogen and oxygen atoms in total. The van der Waals surface area contributed by atoms with Crippen molar-refractivity contribution < 1.29 is 4.57 Å². The molecule has 1 saturated heterocycles. The van der Waals surface area contributed by atoms with Gasteiger partial charge in [-0.2, -0.15) is 4.98 Å². The maximum absolute atomic E-state index is 12.8. The molecule has 1 aliphatic heterocycles. The second-order valence-electron chi connectivity index (χ2n) is 12.8. The van der Waals surface area contributed by atoms with Crippen LogP contribution in [0.1, 0.15) is 57.8 Å². The van der Waals surface area contributed by atoms with E-state index in [0.29, 0.717) is 27.9 Å². The Hall–Kier alpha value is -2.27. The van der Waals surface area contributed by atoms with Crippen LogP contribution in [0.3, 0.4) is 0 Å².